The molecule has 0 aliphatic carbocycles. The van der Waals surface area contributed by atoms with Crippen molar-refractivity contribution in [2.24, 2.45) is 0 Å². The van der Waals surface area contributed by atoms with Gasteiger partial charge in [-0.2, -0.15) is 26.3 Å². The van der Waals surface area contributed by atoms with Crippen molar-refractivity contribution in [1.29, 1.82) is 0 Å². The van der Waals surface area contributed by atoms with Crippen LogP contribution in [0.25, 0.3) is 0 Å². The first kappa shape index (κ1) is 40.4. The quantitative estimate of drug-likeness (QED) is 0.118. The summed E-state index contributed by atoms with van der Waals surface area (Å²) in [4.78, 5) is 14.7. The number of amides is 2. The van der Waals surface area contributed by atoms with Gasteiger partial charge in [-0.1, -0.05) is 65.4 Å². The second-order valence-corrected chi connectivity index (χ2v) is 13.2. The average molecular weight is 733 g/mol. The molecule has 0 spiro atoms. The van der Waals surface area contributed by atoms with Crippen LogP contribution < -0.4 is 19.5 Å². The van der Waals surface area contributed by atoms with E-state index < -0.39 is 29.2 Å². The van der Waals surface area contributed by atoms with Gasteiger partial charge in [0.05, 0.1) is 6.61 Å². The molecule has 8 nitrogen and oxygen atoms in total. The third-order valence-electron chi connectivity index (χ3n) is 9.44. The summed E-state index contributed by atoms with van der Waals surface area (Å²) < 4.78 is 107. The van der Waals surface area contributed by atoms with Gasteiger partial charge in [0.25, 0.3) is 5.60 Å². The Morgan fingerprint density at radius 3 is 2.10 bits per heavy atom. The monoisotopic (exact) mass is 732 g/mol. The maximum Gasteiger partial charge on any atom is 0.430 e. The average Bonchev–Trinajstić information content (AvgIpc) is 3.09. The van der Waals surface area contributed by atoms with E-state index in [9.17, 15) is 36.2 Å². The summed E-state index contributed by atoms with van der Waals surface area (Å²) in [6.07, 6.45) is -4.53. The number of halogens is 6. The summed E-state index contributed by atoms with van der Waals surface area (Å²) in [5.41, 5.74) is -6.21. The molecule has 0 bridgehead atoms. The standard InChI is InChI=1S/C37H50F6N2O6/c1-4-7-8-9-10-11-15-27-23-29(35(47,36(38,39)40)37(41,42)43)22-26(14-5-2)32(27)50-19-13-12-18-45-25-51-34(6-3,44-33(45)46)28-16-17-30-31(24-28)49-21-20-48-30/h16-17,22-24,47H,4-15,18-21,25H2,1-3H3,(H,44,46). The number of urea groups is 1. The zero-order valence-electron chi connectivity index (χ0n) is 29.6. The number of carbonyl (C=O) groups is 1. The molecule has 0 saturated carbocycles. The molecule has 2 heterocycles. The molecule has 1 unspecified atom stereocenters. The lowest BCUT2D eigenvalue weighted by Gasteiger charge is -2.42. The van der Waals surface area contributed by atoms with E-state index in [-0.39, 0.29) is 49.1 Å². The van der Waals surface area contributed by atoms with Crippen LogP contribution >= 0.6 is 0 Å². The Morgan fingerprint density at radius 1 is 0.824 bits per heavy atom. The first-order chi connectivity index (χ1) is 24.2. The number of ether oxygens (including phenoxy) is 4. The molecule has 1 atom stereocenters. The van der Waals surface area contributed by atoms with E-state index in [1.807, 2.05) is 13.0 Å². The fourth-order valence-electron chi connectivity index (χ4n) is 6.50. The minimum Gasteiger partial charge on any atom is -0.493 e. The van der Waals surface area contributed by atoms with Crippen LogP contribution in [-0.4, -0.2) is 61.5 Å². The number of rotatable bonds is 18. The molecule has 2 N–H and O–H groups in total. The van der Waals surface area contributed by atoms with Gasteiger partial charge in [-0.3, -0.25) is 0 Å². The van der Waals surface area contributed by atoms with E-state index in [1.54, 1.807) is 19.1 Å². The molecule has 0 aromatic heterocycles. The Kier molecular flexibility index (Phi) is 13.8. The summed E-state index contributed by atoms with van der Waals surface area (Å²) in [7, 11) is 0. The van der Waals surface area contributed by atoms with Gasteiger partial charge in [-0.05, 0) is 73.9 Å². The lowest BCUT2D eigenvalue weighted by Crippen LogP contribution is -2.59. The predicted octanol–water partition coefficient (Wildman–Crippen LogP) is 9.05. The van der Waals surface area contributed by atoms with Crippen LogP contribution in [0, 0.1) is 0 Å². The van der Waals surface area contributed by atoms with Crippen LogP contribution in [0.2, 0.25) is 0 Å². The highest BCUT2D eigenvalue weighted by molar-refractivity contribution is 5.75. The first-order valence-corrected chi connectivity index (χ1v) is 18.0. The first-order valence-electron chi connectivity index (χ1n) is 18.0. The van der Waals surface area contributed by atoms with Crippen molar-refractivity contribution < 1.29 is 55.2 Å². The van der Waals surface area contributed by atoms with E-state index in [4.69, 9.17) is 18.9 Å². The Bertz CT molecular complexity index is 1440. The fraction of sp³-hybridized carbons (Fsp3) is 0.649. The Hall–Kier alpha value is -3.39. The lowest BCUT2D eigenvalue weighted by molar-refractivity contribution is -0.376. The molecule has 51 heavy (non-hydrogen) atoms. The third-order valence-corrected chi connectivity index (χ3v) is 9.44. The number of fused-ring (bicyclic) bond motifs is 1. The summed E-state index contributed by atoms with van der Waals surface area (Å²) in [6.45, 7) is 7.08. The van der Waals surface area contributed by atoms with E-state index in [2.05, 4.69) is 12.2 Å². The summed E-state index contributed by atoms with van der Waals surface area (Å²) in [5.74, 6) is 1.46. The highest BCUT2D eigenvalue weighted by Gasteiger charge is 2.71. The predicted molar refractivity (Wildman–Crippen MR) is 179 cm³/mol. The smallest absolute Gasteiger partial charge is 0.430 e. The molecule has 1 saturated heterocycles. The van der Waals surface area contributed by atoms with Gasteiger partial charge in [0, 0.05) is 17.7 Å². The number of unbranched alkanes of at least 4 members (excludes halogenated alkanes) is 6. The maximum absolute atomic E-state index is 13.9. The zero-order chi connectivity index (χ0) is 37.3. The molecule has 0 radical (unpaired) electrons. The van der Waals surface area contributed by atoms with E-state index in [1.165, 1.54) is 4.90 Å². The Balaban J connectivity index is 1.43. The van der Waals surface area contributed by atoms with Crippen molar-refractivity contribution in [1.82, 2.24) is 10.2 Å². The highest BCUT2D eigenvalue weighted by Crippen LogP contribution is 2.51. The molecule has 2 amide bonds. The molecule has 4 rings (SSSR count). The number of alkyl halides is 6. The molecule has 2 aromatic carbocycles. The van der Waals surface area contributed by atoms with E-state index in [0.29, 0.717) is 63.4 Å². The number of aliphatic hydroxyl groups is 1. The van der Waals surface area contributed by atoms with Gasteiger partial charge in [-0.15, -0.1) is 0 Å². The summed E-state index contributed by atoms with van der Waals surface area (Å²) in [6, 6.07) is 6.69. The van der Waals surface area contributed by atoms with Crippen molar-refractivity contribution in [3.05, 3.63) is 52.6 Å². The van der Waals surface area contributed by atoms with Crippen molar-refractivity contribution in [2.45, 2.75) is 121 Å². The topological polar surface area (TPSA) is 89.5 Å². The number of nitrogens with one attached hydrogen (secondary N) is 1. The number of aryl methyl sites for hydroxylation is 2. The van der Waals surface area contributed by atoms with Crippen molar-refractivity contribution in [3.63, 3.8) is 0 Å². The van der Waals surface area contributed by atoms with Crippen LogP contribution in [0.15, 0.2) is 30.3 Å². The number of carbonyl (C=O) groups excluding carboxylic acids is 1. The van der Waals surface area contributed by atoms with Crippen molar-refractivity contribution in [3.8, 4) is 17.2 Å². The van der Waals surface area contributed by atoms with Gasteiger partial charge >= 0.3 is 18.4 Å². The number of nitrogens with zero attached hydrogens (tertiary/aromatic N) is 1. The van der Waals surface area contributed by atoms with E-state index >= 15 is 0 Å². The lowest BCUT2D eigenvalue weighted by atomic mass is 9.87. The van der Waals surface area contributed by atoms with E-state index in [0.717, 1.165) is 49.8 Å². The van der Waals surface area contributed by atoms with Crippen LogP contribution in [0.5, 0.6) is 17.2 Å². The van der Waals surface area contributed by atoms with Gasteiger partial charge in [0.15, 0.2) is 17.2 Å². The van der Waals surface area contributed by atoms with Gasteiger partial charge in [-0.25, -0.2) is 4.79 Å². The fourth-order valence-corrected chi connectivity index (χ4v) is 6.50. The van der Waals surface area contributed by atoms with Crippen LogP contribution in [0.3, 0.4) is 0 Å². The minimum absolute atomic E-state index is 0.0286. The molecule has 14 heteroatoms. The second-order valence-electron chi connectivity index (χ2n) is 13.2. The zero-order valence-corrected chi connectivity index (χ0v) is 29.6. The normalized spacial score (nSPS) is 18.2. The Morgan fingerprint density at radius 2 is 1.47 bits per heavy atom. The number of hydrogen-bond acceptors (Lipinski definition) is 6. The van der Waals surface area contributed by atoms with Crippen LogP contribution in [0.4, 0.5) is 31.1 Å². The summed E-state index contributed by atoms with van der Waals surface area (Å²) >= 11 is 0. The molecular weight excluding hydrogens is 682 g/mol. The third kappa shape index (κ3) is 9.35. The van der Waals surface area contributed by atoms with Gasteiger partial charge in [0.2, 0.25) is 0 Å². The van der Waals surface area contributed by atoms with Crippen LogP contribution in [0.1, 0.15) is 107 Å². The molecular formula is C37H50F6N2O6. The molecule has 2 aliphatic heterocycles. The number of benzene rings is 2. The SMILES string of the molecule is CCCCCCCCc1cc(C(O)(C(F)(F)F)C(F)(F)F)cc(CCC)c1OCCCCN1COC(CC)(c2ccc3c(c2)OCCO3)NC1=O. The molecule has 2 aliphatic rings. The maximum atomic E-state index is 13.9. The highest BCUT2D eigenvalue weighted by atomic mass is 19.4. The van der Waals surface area contributed by atoms with Crippen molar-refractivity contribution >= 4 is 6.03 Å². The molecule has 2 aromatic rings. The second kappa shape index (κ2) is 17.4. The summed E-state index contributed by atoms with van der Waals surface area (Å²) in [5, 5.41) is 13.2. The number of hydrogen-bond donors (Lipinski definition) is 2. The van der Waals surface area contributed by atoms with Crippen molar-refractivity contribution in [2.75, 3.05) is 33.1 Å². The van der Waals surface area contributed by atoms with Crippen LogP contribution in [-0.2, 0) is 28.9 Å². The Labute approximate surface area is 295 Å². The van der Waals surface area contributed by atoms with Gasteiger partial charge < -0.3 is 34.3 Å². The minimum atomic E-state index is -5.99. The largest absolute Gasteiger partial charge is 0.493 e. The molecule has 286 valence electrons. The van der Waals surface area contributed by atoms with Gasteiger partial charge in [0.1, 0.15) is 25.7 Å². The molecule has 1 fully saturated rings.